The number of carbonyl (C=O) groups excluding carboxylic acids is 4. The number of fused-ring (bicyclic) bond motifs is 1. The van der Waals surface area contributed by atoms with Crippen molar-refractivity contribution in [1.82, 2.24) is 9.80 Å². The number of esters is 1. The van der Waals surface area contributed by atoms with Gasteiger partial charge in [0.2, 0.25) is 0 Å². The van der Waals surface area contributed by atoms with E-state index in [1.165, 1.54) is 7.11 Å². The fourth-order valence-corrected chi connectivity index (χ4v) is 3.61. The highest BCUT2D eigenvalue weighted by molar-refractivity contribution is 6.21. The van der Waals surface area contributed by atoms with Crippen LogP contribution in [0.2, 0.25) is 0 Å². The highest BCUT2D eigenvalue weighted by atomic mass is 16.6. The van der Waals surface area contributed by atoms with Crippen LogP contribution in [0.5, 0.6) is 0 Å². The van der Waals surface area contributed by atoms with Crippen LogP contribution in [0, 0.1) is 0 Å². The first-order chi connectivity index (χ1) is 13.5. The lowest BCUT2D eigenvalue weighted by molar-refractivity contribution is -0.145. The Balaban J connectivity index is 1.83. The van der Waals surface area contributed by atoms with E-state index in [1.54, 1.807) is 45.0 Å². The standard InChI is InChI=1S/C20H24N2O7/c1-19(2,3)29-18(26)21-10-20(27,9-14(21)17(25)28-4)11-22-15(23)12-7-5-6-8-13(12)16(22)24/h5-8,14,27H,9-11H2,1-4H3. The molecule has 0 bridgehead atoms. The molecule has 1 fully saturated rings. The van der Waals surface area contributed by atoms with Crippen LogP contribution in [-0.4, -0.2) is 76.2 Å². The van der Waals surface area contributed by atoms with Crippen LogP contribution in [0.15, 0.2) is 24.3 Å². The quantitative estimate of drug-likeness (QED) is 0.595. The van der Waals surface area contributed by atoms with Crippen molar-refractivity contribution in [2.45, 2.75) is 44.4 Å². The van der Waals surface area contributed by atoms with Crippen molar-refractivity contribution in [2.75, 3.05) is 20.2 Å². The molecule has 2 heterocycles. The van der Waals surface area contributed by atoms with Gasteiger partial charge in [-0.3, -0.25) is 19.4 Å². The smallest absolute Gasteiger partial charge is 0.411 e. The van der Waals surface area contributed by atoms with Gasteiger partial charge in [-0.05, 0) is 32.9 Å². The van der Waals surface area contributed by atoms with Gasteiger partial charge < -0.3 is 14.6 Å². The molecular formula is C20H24N2O7. The highest BCUT2D eigenvalue weighted by Gasteiger charge is 2.52. The van der Waals surface area contributed by atoms with E-state index in [-0.39, 0.29) is 30.6 Å². The molecule has 0 saturated carbocycles. The maximum absolute atomic E-state index is 12.6. The van der Waals surface area contributed by atoms with E-state index in [9.17, 15) is 24.3 Å². The molecule has 2 atom stereocenters. The number of amides is 3. The predicted molar refractivity (Wildman–Crippen MR) is 100 cm³/mol. The lowest BCUT2D eigenvalue weighted by Crippen LogP contribution is -2.48. The number of nitrogens with zero attached hydrogens (tertiary/aromatic N) is 2. The van der Waals surface area contributed by atoms with Crippen molar-refractivity contribution in [3.05, 3.63) is 35.4 Å². The lowest BCUT2D eigenvalue weighted by atomic mass is 9.99. The summed E-state index contributed by atoms with van der Waals surface area (Å²) >= 11 is 0. The van der Waals surface area contributed by atoms with Gasteiger partial charge in [0.25, 0.3) is 11.8 Å². The van der Waals surface area contributed by atoms with Crippen molar-refractivity contribution >= 4 is 23.9 Å². The van der Waals surface area contributed by atoms with E-state index >= 15 is 0 Å². The Bertz CT molecular complexity index is 841. The number of carbonyl (C=O) groups is 4. The van der Waals surface area contributed by atoms with Gasteiger partial charge in [-0.25, -0.2) is 9.59 Å². The molecule has 9 nitrogen and oxygen atoms in total. The van der Waals surface area contributed by atoms with Crippen molar-refractivity contribution in [2.24, 2.45) is 0 Å². The van der Waals surface area contributed by atoms with E-state index in [0.717, 1.165) is 9.80 Å². The molecule has 1 N–H and O–H groups in total. The van der Waals surface area contributed by atoms with Gasteiger partial charge in [0.1, 0.15) is 17.2 Å². The van der Waals surface area contributed by atoms with Crippen molar-refractivity contribution in [1.29, 1.82) is 0 Å². The van der Waals surface area contributed by atoms with Crippen LogP contribution in [0.4, 0.5) is 4.79 Å². The van der Waals surface area contributed by atoms with E-state index in [2.05, 4.69) is 0 Å². The zero-order valence-corrected chi connectivity index (χ0v) is 16.8. The minimum Gasteiger partial charge on any atom is -0.467 e. The van der Waals surface area contributed by atoms with Crippen LogP contribution in [0.1, 0.15) is 47.9 Å². The Labute approximate surface area is 168 Å². The van der Waals surface area contributed by atoms with Gasteiger partial charge in [0.05, 0.1) is 31.3 Å². The second kappa shape index (κ2) is 7.14. The molecule has 29 heavy (non-hydrogen) atoms. The lowest BCUT2D eigenvalue weighted by Gasteiger charge is -2.29. The summed E-state index contributed by atoms with van der Waals surface area (Å²) in [5.74, 6) is -1.76. The number of likely N-dealkylation sites (tertiary alicyclic amines) is 1. The normalized spacial score (nSPS) is 24.0. The second-order valence-corrected chi connectivity index (χ2v) is 8.32. The molecule has 156 valence electrons. The first-order valence-electron chi connectivity index (χ1n) is 9.21. The molecule has 0 radical (unpaired) electrons. The SMILES string of the molecule is COC(=O)C1CC(O)(CN2C(=O)c3ccccc3C2=O)CN1C(=O)OC(C)(C)C. The molecule has 1 aromatic carbocycles. The first-order valence-corrected chi connectivity index (χ1v) is 9.21. The molecule has 1 saturated heterocycles. The monoisotopic (exact) mass is 404 g/mol. The Morgan fingerprint density at radius 3 is 2.21 bits per heavy atom. The number of ether oxygens (including phenoxy) is 2. The van der Waals surface area contributed by atoms with E-state index < -0.39 is 41.1 Å². The number of benzene rings is 1. The Hall–Kier alpha value is -2.94. The molecule has 1 aromatic rings. The molecule has 2 aliphatic heterocycles. The third-order valence-corrected chi connectivity index (χ3v) is 4.85. The van der Waals surface area contributed by atoms with Crippen molar-refractivity contribution in [3.63, 3.8) is 0 Å². The second-order valence-electron chi connectivity index (χ2n) is 8.32. The van der Waals surface area contributed by atoms with Gasteiger partial charge in [-0.1, -0.05) is 12.1 Å². The first kappa shape index (κ1) is 20.8. The van der Waals surface area contributed by atoms with Gasteiger partial charge in [-0.2, -0.15) is 0 Å². The van der Waals surface area contributed by atoms with Crippen LogP contribution < -0.4 is 0 Å². The summed E-state index contributed by atoms with van der Waals surface area (Å²) in [6.07, 6.45) is -0.974. The summed E-state index contributed by atoms with van der Waals surface area (Å²) in [6, 6.07) is 5.29. The van der Waals surface area contributed by atoms with Gasteiger partial charge in [-0.15, -0.1) is 0 Å². The molecule has 3 amide bonds. The molecule has 0 aromatic heterocycles. The van der Waals surface area contributed by atoms with Gasteiger partial charge in [0, 0.05) is 6.42 Å². The molecule has 2 unspecified atom stereocenters. The average molecular weight is 404 g/mol. The third-order valence-electron chi connectivity index (χ3n) is 4.85. The Morgan fingerprint density at radius 1 is 1.17 bits per heavy atom. The number of rotatable bonds is 3. The largest absolute Gasteiger partial charge is 0.467 e. The van der Waals surface area contributed by atoms with E-state index in [4.69, 9.17) is 9.47 Å². The average Bonchev–Trinajstić information content (AvgIpc) is 3.11. The van der Waals surface area contributed by atoms with Crippen molar-refractivity contribution < 1.29 is 33.8 Å². The summed E-state index contributed by atoms with van der Waals surface area (Å²) in [6.45, 7) is 4.40. The Morgan fingerprint density at radius 2 is 1.72 bits per heavy atom. The number of imide groups is 1. The summed E-state index contributed by atoms with van der Waals surface area (Å²) < 4.78 is 10.1. The van der Waals surface area contributed by atoms with Gasteiger partial charge in [0.15, 0.2) is 0 Å². The number of methoxy groups -OCH3 is 1. The number of aliphatic hydroxyl groups is 1. The molecule has 3 rings (SSSR count). The maximum Gasteiger partial charge on any atom is 0.411 e. The molecule has 9 heteroatoms. The topological polar surface area (TPSA) is 113 Å². The van der Waals surface area contributed by atoms with Crippen LogP contribution in [-0.2, 0) is 14.3 Å². The highest BCUT2D eigenvalue weighted by Crippen LogP contribution is 2.33. The number of β-amino-alcohol motifs (C(OH)–C–C–N with tert-alkyl or cyclic N) is 1. The predicted octanol–water partition coefficient (Wildman–Crippen LogP) is 1.20. The molecular weight excluding hydrogens is 380 g/mol. The summed E-state index contributed by atoms with van der Waals surface area (Å²) in [5.41, 5.74) is -1.97. The van der Waals surface area contributed by atoms with Crippen molar-refractivity contribution in [3.8, 4) is 0 Å². The zero-order valence-electron chi connectivity index (χ0n) is 16.8. The minimum absolute atomic E-state index is 0.188. The van der Waals surface area contributed by atoms with Crippen LogP contribution >= 0.6 is 0 Å². The summed E-state index contributed by atoms with van der Waals surface area (Å²) in [5, 5.41) is 11.1. The fourth-order valence-electron chi connectivity index (χ4n) is 3.61. The minimum atomic E-state index is -1.68. The summed E-state index contributed by atoms with van der Waals surface area (Å²) in [4.78, 5) is 52.0. The van der Waals surface area contributed by atoms with E-state index in [1.807, 2.05) is 0 Å². The Kier molecular flexibility index (Phi) is 5.12. The van der Waals surface area contributed by atoms with Gasteiger partial charge >= 0.3 is 12.1 Å². The van der Waals surface area contributed by atoms with E-state index in [0.29, 0.717) is 0 Å². The van der Waals surface area contributed by atoms with Crippen LogP contribution in [0.3, 0.4) is 0 Å². The molecule has 0 aliphatic carbocycles. The van der Waals surface area contributed by atoms with Crippen LogP contribution in [0.25, 0.3) is 0 Å². The number of hydrogen-bond acceptors (Lipinski definition) is 7. The fraction of sp³-hybridized carbons (Fsp3) is 0.500. The third kappa shape index (κ3) is 3.95. The molecule has 2 aliphatic rings. The summed E-state index contributed by atoms with van der Waals surface area (Å²) in [7, 11) is 1.18. The zero-order chi connectivity index (χ0) is 21.6. The molecule has 0 spiro atoms. The number of hydrogen-bond donors (Lipinski definition) is 1. The maximum atomic E-state index is 12.6.